The van der Waals surface area contributed by atoms with Crippen LogP contribution in [-0.2, 0) is 22.6 Å². The maximum atomic E-state index is 13.6. The lowest BCUT2D eigenvalue weighted by molar-refractivity contribution is -0.385. The number of halogens is 3. The Bertz CT molecular complexity index is 6290. The number of carbonyl (C=O) groups is 6. The quantitative estimate of drug-likeness (QED) is 0.0276. The van der Waals surface area contributed by atoms with Crippen LogP contribution in [0.4, 0.5) is 31.5 Å². The second-order valence-corrected chi connectivity index (χ2v) is 30.6. The summed E-state index contributed by atoms with van der Waals surface area (Å²) in [6, 6.07) is 82.1. The topological polar surface area (TPSA) is 343 Å². The van der Waals surface area contributed by atoms with Gasteiger partial charge in [-0.2, -0.15) is 4.98 Å². The highest BCUT2D eigenvalue weighted by molar-refractivity contribution is 8.05. The van der Waals surface area contributed by atoms with Crippen molar-refractivity contribution < 1.29 is 70.9 Å². The van der Waals surface area contributed by atoms with Crippen LogP contribution < -0.4 is 35.3 Å². The van der Waals surface area contributed by atoms with Gasteiger partial charge in [-0.05, 0) is 115 Å². The fourth-order valence-corrected chi connectivity index (χ4v) is 16.1. The molecule has 4 N–H and O–H groups in total. The van der Waals surface area contributed by atoms with Gasteiger partial charge in [0.25, 0.3) is 29.1 Å². The maximum Gasteiger partial charge on any atom is 0.273 e. The number of aromatic nitrogens is 3. The number of non-ortho nitro benzene ring substituents is 2. The number of nitrogens with one attached hydrogen (secondary N) is 2. The number of amides is 3. The molecule has 3 amide bonds. The van der Waals surface area contributed by atoms with Crippen LogP contribution in [0.5, 0.6) is 23.0 Å². The largest absolute Gasteiger partial charge is 0.496 e. The summed E-state index contributed by atoms with van der Waals surface area (Å²) in [4.78, 5) is 112. The van der Waals surface area contributed by atoms with E-state index in [1.807, 2.05) is 179 Å². The Labute approximate surface area is 742 Å². The Kier molecular flexibility index (Phi) is 31.4. The molecule has 1 fully saturated rings. The first-order valence-electron chi connectivity index (χ1n) is 39.5. The van der Waals surface area contributed by atoms with Gasteiger partial charge >= 0.3 is 0 Å². The number of pyridine rings is 1. The van der Waals surface area contributed by atoms with Crippen LogP contribution >= 0.6 is 35.1 Å². The highest BCUT2D eigenvalue weighted by Gasteiger charge is 2.38. The minimum Gasteiger partial charge on any atom is -0.496 e. The zero-order valence-corrected chi connectivity index (χ0v) is 71.2. The molecule has 11 aromatic carbocycles. The van der Waals surface area contributed by atoms with Gasteiger partial charge in [-0.1, -0.05) is 193 Å². The molecule has 2 aromatic heterocycles. The molecular weight excluding hydrogens is 1680 g/mol. The molecular formula is C97H81ClF2N10O15S2. The number of ketones is 3. The molecule has 13 aromatic rings. The Morgan fingerprint density at radius 3 is 1.90 bits per heavy atom. The number of methoxy groups -OCH3 is 2. The number of nitro benzene ring substituents is 2. The number of rotatable bonds is 20. The van der Waals surface area contributed by atoms with Crippen molar-refractivity contribution in [3.8, 4) is 45.8 Å². The van der Waals surface area contributed by atoms with Gasteiger partial charge in [-0.3, -0.25) is 59.0 Å². The van der Waals surface area contributed by atoms with Gasteiger partial charge in [0.2, 0.25) is 23.3 Å². The molecule has 0 spiro atoms. The van der Waals surface area contributed by atoms with Crippen molar-refractivity contribution in [2.24, 2.45) is 10.7 Å². The number of benzene rings is 11. The summed E-state index contributed by atoms with van der Waals surface area (Å²) in [5, 5.41) is 29.5. The van der Waals surface area contributed by atoms with Crippen LogP contribution in [0.3, 0.4) is 0 Å². The normalized spacial score (nSPS) is 15.0. The second-order valence-electron chi connectivity index (χ2n) is 27.8. The summed E-state index contributed by atoms with van der Waals surface area (Å²) in [6.07, 6.45) is 4.67. The lowest BCUT2D eigenvalue weighted by atomic mass is 9.85. The van der Waals surface area contributed by atoms with Crippen LogP contribution in [0.2, 0.25) is 0 Å². The van der Waals surface area contributed by atoms with E-state index < -0.39 is 38.0 Å². The molecule has 5 heterocycles. The fourth-order valence-electron chi connectivity index (χ4n) is 13.3. The minimum absolute atomic E-state index is 0.0137. The average Bonchev–Trinajstić information content (AvgIpc) is 1.70. The molecule has 1 aliphatic carbocycles. The number of thioether (sulfide) groups is 2. The molecule has 3 aliphatic heterocycles. The van der Waals surface area contributed by atoms with E-state index in [-0.39, 0.29) is 69.5 Å². The Morgan fingerprint density at radius 1 is 0.630 bits per heavy atom. The highest BCUT2D eigenvalue weighted by atomic mass is 35.5. The molecule has 0 saturated carbocycles. The summed E-state index contributed by atoms with van der Waals surface area (Å²) in [5.74, 6) is 0.272. The number of carbonyl (C=O) groups excluding carboxylic acids is 6. The van der Waals surface area contributed by atoms with Crippen molar-refractivity contribution in [2.75, 3.05) is 45.1 Å². The summed E-state index contributed by atoms with van der Waals surface area (Å²) in [7, 11) is 4.77. The van der Waals surface area contributed by atoms with Crippen molar-refractivity contribution >= 4 is 105 Å². The summed E-state index contributed by atoms with van der Waals surface area (Å²) >= 11 is 9.14. The van der Waals surface area contributed by atoms with Crippen LogP contribution in [0, 0.1) is 31.9 Å². The van der Waals surface area contributed by atoms with E-state index in [0.717, 1.165) is 55.4 Å². The fraction of sp³-hybridized carbons (Fsp3) is 0.134. The number of hydrogen-bond donors (Lipinski definition) is 3. The molecule has 0 bridgehead atoms. The Hall–Kier alpha value is -15.1. The van der Waals surface area contributed by atoms with Crippen molar-refractivity contribution in [1.82, 2.24) is 20.0 Å². The number of likely N-dealkylation sites (tertiary alicyclic amines) is 1. The van der Waals surface area contributed by atoms with Gasteiger partial charge in [0, 0.05) is 99.1 Å². The zero-order valence-electron chi connectivity index (χ0n) is 68.8. The first-order chi connectivity index (χ1) is 61.5. The first-order valence-corrected chi connectivity index (χ1v) is 41.6. The summed E-state index contributed by atoms with van der Waals surface area (Å²) < 4.78 is 53.3. The molecule has 3 unspecified atom stereocenters. The second kappa shape index (κ2) is 43.8. The summed E-state index contributed by atoms with van der Waals surface area (Å²) in [6.45, 7) is 5.44. The smallest absolute Gasteiger partial charge is 0.273 e. The predicted molar refractivity (Wildman–Crippen MR) is 484 cm³/mol. The van der Waals surface area contributed by atoms with E-state index in [0.29, 0.717) is 105 Å². The number of para-hydroxylation sites is 2. The van der Waals surface area contributed by atoms with Gasteiger partial charge in [-0.25, -0.2) is 8.78 Å². The van der Waals surface area contributed by atoms with Crippen molar-refractivity contribution in [3.05, 3.63) is 390 Å². The first kappa shape index (κ1) is 91.1. The third-order valence-corrected chi connectivity index (χ3v) is 22.8. The van der Waals surface area contributed by atoms with Crippen molar-refractivity contribution in [1.29, 1.82) is 0 Å². The van der Waals surface area contributed by atoms with Crippen molar-refractivity contribution in [3.63, 3.8) is 0 Å². The number of nitrogens with zero attached hydrogens (tertiary/aromatic N) is 7. The van der Waals surface area contributed by atoms with Crippen molar-refractivity contribution in [2.45, 2.75) is 59.7 Å². The standard InChI is InChI=1S/C19H18O3S.C17H17N3O.C17H13NO2.C15H10ClF2NOS.C15H11N3O4.C14H12N2O4/c1-3-21-15-10-7-8-13(19(15)22-4-2)12-17-18(20)14-9-5-6-11-16(14)23-17;1-20-16(13-7-3-2-4-8-13)11-15(17(20)21)19-12-14-9-5-6-10-18-14;18-15-14(10-11-6-2-1-3-7-11)16(19)12-8-4-5-9-13(12)17(15)20;16-13-9-3-1-2-4-12(9)21-14(13)15(20)19-11-6-5-8(17)7-10(11)18;1-21-13-8-3-2-7-12(13)15-16-14(17-22-15)10-5-4-6-11(9-10)18(19)20;1-20-13-9-11(16(18)19)7-8-12(13)15-14(17)10-5-3-2-4-6-10/h5-12H,3-4H2,1-2H3;2-10,16H,11-12H2,1H3;1-9H,10,18H2;1-7,13-14H,(H,19,20);2-9H,1H3;2-9H,1H3,(H,15,17)/b17-12-;;;;;. The van der Waals surface area contributed by atoms with E-state index >= 15 is 0 Å². The molecule has 1 saturated heterocycles. The number of Topliss-reactive ketones (excluding diaryl/α,β-unsaturated/α-hetero) is 3. The van der Waals surface area contributed by atoms with Crippen LogP contribution in [0.15, 0.2) is 327 Å². The van der Waals surface area contributed by atoms with Gasteiger partial charge in [0.1, 0.15) is 34.1 Å². The SMILES string of the molecule is CCOc1cccc(/C=C2\Sc3ccccc3C2=O)c1OCC.CN1C(=O)C(=NCc2ccccn2)CC1c1ccccc1.COc1cc([N+](=O)[O-])ccc1NC(=O)c1ccccc1.COc1ccccc1-c1nc(-c2cccc([N+](=O)[O-])c2)no1.NC1=C(Cc2ccccc2)C(=O)c2ccccc2C1=O.O=C(Nc1ccc(F)cc1F)C1Sc2ccccc2C1Cl. The van der Waals surface area contributed by atoms with Gasteiger partial charge in [-0.15, -0.1) is 23.4 Å². The van der Waals surface area contributed by atoms with Gasteiger partial charge in [0.15, 0.2) is 17.3 Å². The number of nitrogens with two attached hydrogens (primary N) is 1. The average molecular weight is 1760 g/mol. The minimum atomic E-state index is -0.810. The number of hydrogen-bond acceptors (Lipinski definition) is 22. The number of ether oxygens (including phenoxy) is 4. The maximum absolute atomic E-state index is 13.6. The molecule has 30 heteroatoms. The molecule has 3 atom stereocenters. The molecule has 17 rings (SSSR count). The predicted octanol–water partition coefficient (Wildman–Crippen LogP) is 20.5. The number of allylic oxidation sites excluding steroid dienone is 3. The Morgan fingerprint density at radius 2 is 1.24 bits per heavy atom. The molecule has 4 aliphatic rings. The number of nitro groups is 2. The van der Waals surface area contributed by atoms with Crippen LogP contribution in [0.1, 0.15) is 101 Å². The lowest BCUT2D eigenvalue weighted by Gasteiger charge is -2.18. The van der Waals surface area contributed by atoms with E-state index in [9.17, 15) is 57.8 Å². The number of alkyl halides is 1. The third-order valence-electron chi connectivity index (χ3n) is 19.6. The van der Waals surface area contributed by atoms with E-state index in [1.165, 1.54) is 67.0 Å². The van der Waals surface area contributed by atoms with E-state index in [4.69, 9.17) is 40.8 Å². The highest BCUT2D eigenvalue weighted by Crippen LogP contribution is 2.48. The molecule has 0 radical (unpaired) electrons. The van der Waals surface area contributed by atoms with E-state index in [1.54, 1.807) is 91.0 Å². The Balaban J connectivity index is 0.000000139. The monoisotopic (exact) mass is 1760 g/mol. The third kappa shape index (κ3) is 23.1. The molecule has 642 valence electrons. The number of aliphatic imine (C=N–C) groups is 1. The van der Waals surface area contributed by atoms with Crippen LogP contribution in [0.25, 0.3) is 28.9 Å². The lowest BCUT2D eigenvalue weighted by Crippen LogP contribution is -2.27. The molecule has 25 nitrogen and oxygen atoms in total. The zero-order chi connectivity index (χ0) is 90.0. The molecule has 127 heavy (non-hydrogen) atoms. The number of anilines is 2. The van der Waals surface area contributed by atoms with E-state index in [2.05, 4.69) is 42.9 Å². The van der Waals surface area contributed by atoms with Gasteiger partial charge < -0.3 is 44.7 Å². The number of fused-ring (bicyclic) bond motifs is 3. The van der Waals surface area contributed by atoms with Crippen LogP contribution in [-0.4, -0.2) is 110 Å². The summed E-state index contributed by atoms with van der Waals surface area (Å²) in [5.41, 5.74) is 15.2. The van der Waals surface area contributed by atoms with Gasteiger partial charge in [0.05, 0.1) is 94.5 Å².